The molecule has 1 aliphatic rings. The molecule has 2 heterocycles. The molecule has 0 bridgehead atoms. The Morgan fingerprint density at radius 1 is 1.29 bits per heavy atom. The quantitative estimate of drug-likeness (QED) is 0.392. The van der Waals surface area contributed by atoms with Crippen LogP contribution in [0.1, 0.15) is 49.5 Å². The third-order valence-electron chi connectivity index (χ3n) is 4.14. The van der Waals surface area contributed by atoms with E-state index in [-0.39, 0.29) is 5.84 Å². The standard InChI is InChI=1S/C15H21N5O/c16-15(18-21)14-7-4-9-19(14)11-12-8-10-20(17-12)13-5-2-1-3-6-13/h4,7-10,13,21H,1-3,5-6,11H2,(H2,16,18). The zero-order valence-corrected chi connectivity index (χ0v) is 12.0. The molecular formula is C15H21N5O. The van der Waals surface area contributed by atoms with E-state index in [1.54, 1.807) is 0 Å². The second kappa shape index (κ2) is 6.03. The molecule has 0 amide bonds. The summed E-state index contributed by atoms with van der Waals surface area (Å²) >= 11 is 0. The maximum absolute atomic E-state index is 8.80. The number of oxime groups is 1. The highest BCUT2D eigenvalue weighted by Gasteiger charge is 2.16. The van der Waals surface area contributed by atoms with Crippen LogP contribution in [0.15, 0.2) is 35.7 Å². The molecule has 112 valence electrons. The van der Waals surface area contributed by atoms with E-state index >= 15 is 0 Å². The van der Waals surface area contributed by atoms with Crippen molar-refractivity contribution in [1.82, 2.24) is 14.3 Å². The molecule has 6 heteroatoms. The van der Waals surface area contributed by atoms with Crippen molar-refractivity contribution in [1.29, 1.82) is 0 Å². The van der Waals surface area contributed by atoms with Gasteiger partial charge in [-0.2, -0.15) is 5.10 Å². The van der Waals surface area contributed by atoms with Crippen molar-refractivity contribution in [2.45, 2.75) is 44.7 Å². The fourth-order valence-corrected chi connectivity index (χ4v) is 3.02. The summed E-state index contributed by atoms with van der Waals surface area (Å²) < 4.78 is 4.03. The first-order valence-electron chi connectivity index (χ1n) is 7.45. The van der Waals surface area contributed by atoms with Crippen LogP contribution in [0.25, 0.3) is 0 Å². The van der Waals surface area contributed by atoms with Gasteiger partial charge in [0.15, 0.2) is 5.84 Å². The fraction of sp³-hybridized carbons (Fsp3) is 0.467. The highest BCUT2D eigenvalue weighted by Crippen LogP contribution is 2.27. The zero-order valence-electron chi connectivity index (χ0n) is 12.0. The van der Waals surface area contributed by atoms with Crippen LogP contribution < -0.4 is 5.73 Å². The van der Waals surface area contributed by atoms with Crippen LogP contribution in [0.4, 0.5) is 0 Å². The summed E-state index contributed by atoms with van der Waals surface area (Å²) in [5.74, 6) is 0.117. The van der Waals surface area contributed by atoms with Crippen LogP contribution in [0.2, 0.25) is 0 Å². The smallest absolute Gasteiger partial charge is 0.186 e. The van der Waals surface area contributed by atoms with Crippen LogP contribution in [-0.4, -0.2) is 25.4 Å². The van der Waals surface area contributed by atoms with Crippen molar-refractivity contribution >= 4 is 5.84 Å². The van der Waals surface area contributed by atoms with Gasteiger partial charge in [0.1, 0.15) is 0 Å². The van der Waals surface area contributed by atoms with Gasteiger partial charge in [0.2, 0.25) is 0 Å². The third-order valence-corrected chi connectivity index (χ3v) is 4.14. The van der Waals surface area contributed by atoms with Crippen LogP contribution in [0.3, 0.4) is 0 Å². The Bertz CT molecular complexity index is 622. The lowest BCUT2D eigenvalue weighted by Crippen LogP contribution is -2.19. The summed E-state index contributed by atoms with van der Waals surface area (Å²) in [6.45, 7) is 0.623. The maximum atomic E-state index is 8.80. The molecule has 3 N–H and O–H groups in total. The predicted octanol–water partition coefficient (Wildman–Crippen LogP) is 2.33. The predicted molar refractivity (Wildman–Crippen MR) is 80.4 cm³/mol. The van der Waals surface area contributed by atoms with E-state index in [0.717, 1.165) is 5.69 Å². The summed E-state index contributed by atoms with van der Waals surface area (Å²) in [6, 6.07) is 6.30. The summed E-state index contributed by atoms with van der Waals surface area (Å²) in [4.78, 5) is 0. The molecule has 0 spiro atoms. The van der Waals surface area contributed by atoms with E-state index in [4.69, 9.17) is 10.9 Å². The van der Waals surface area contributed by atoms with E-state index in [1.165, 1.54) is 32.1 Å². The van der Waals surface area contributed by atoms with E-state index in [0.29, 0.717) is 18.3 Å². The molecule has 0 aromatic carbocycles. The summed E-state index contributed by atoms with van der Waals surface area (Å²) in [5.41, 5.74) is 7.36. The summed E-state index contributed by atoms with van der Waals surface area (Å²) in [7, 11) is 0. The lowest BCUT2D eigenvalue weighted by Gasteiger charge is -2.21. The highest BCUT2D eigenvalue weighted by molar-refractivity contribution is 5.95. The minimum atomic E-state index is 0.117. The zero-order chi connectivity index (χ0) is 14.7. The molecule has 0 radical (unpaired) electrons. The van der Waals surface area contributed by atoms with Gasteiger partial charge in [0.05, 0.1) is 24.0 Å². The maximum Gasteiger partial charge on any atom is 0.186 e. The number of amidine groups is 1. The Balaban J connectivity index is 1.74. The summed E-state index contributed by atoms with van der Waals surface area (Å²) in [6.07, 6.45) is 10.4. The Morgan fingerprint density at radius 2 is 2.10 bits per heavy atom. The minimum Gasteiger partial charge on any atom is -0.409 e. The Morgan fingerprint density at radius 3 is 2.86 bits per heavy atom. The monoisotopic (exact) mass is 287 g/mol. The van der Waals surface area contributed by atoms with Crippen molar-refractivity contribution in [3.8, 4) is 0 Å². The van der Waals surface area contributed by atoms with Gasteiger partial charge < -0.3 is 15.5 Å². The topological polar surface area (TPSA) is 81.4 Å². The second-order valence-corrected chi connectivity index (χ2v) is 5.59. The molecule has 1 fully saturated rings. The molecule has 3 rings (SSSR count). The Kier molecular flexibility index (Phi) is 3.94. The molecule has 21 heavy (non-hydrogen) atoms. The number of nitrogens with zero attached hydrogens (tertiary/aromatic N) is 4. The summed E-state index contributed by atoms with van der Waals surface area (Å²) in [5, 5.41) is 16.5. The molecule has 0 atom stereocenters. The first-order chi connectivity index (χ1) is 10.3. The van der Waals surface area contributed by atoms with Crippen molar-refractivity contribution in [2.24, 2.45) is 10.9 Å². The van der Waals surface area contributed by atoms with Gasteiger partial charge in [-0.25, -0.2) is 0 Å². The number of hydrogen-bond acceptors (Lipinski definition) is 3. The molecular weight excluding hydrogens is 266 g/mol. The van der Waals surface area contributed by atoms with Gasteiger partial charge in [-0.15, -0.1) is 0 Å². The minimum absolute atomic E-state index is 0.117. The van der Waals surface area contributed by atoms with Crippen molar-refractivity contribution < 1.29 is 5.21 Å². The number of aromatic nitrogens is 3. The highest BCUT2D eigenvalue weighted by atomic mass is 16.4. The molecule has 1 saturated carbocycles. The van der Waals surface area contributed by atoms with E-state index in [1.807, 2.05) is 29.0 Å². The van der Waals surface area contributed by atoms with Gasteiger partial charge >= 0.3 is 0 Å². The van der Waals surface area contributed by atoms with Crippen LogP contribution in [0.5, 0.6) is 0 Å². The Hall–Kier alpha value is -2.24. The first-order valence-corrected chi connectivity index (χ1v) is 7.45. The van der Waals surface area contributed by atoms with E-state index in [2.05, 4.69) is 21.1 Å². The molecule has 0 saturated heterocycles. The molecule has 2 aromatic heterocycles. The normalized spacial score (nSPS) is 17.2. The number of rotatable bonds is 4. The average Bonchev–Trinajstić information content (AvgIpc) is 3.17. The van der Waals surface area contributed by atoms with Gasteiger partial charge in [0, 0.05) is 12.4 Å². The lowest BCUT2D eigenvalue weighted by molar-refractivity contribution is 0.318. The number of hydrogen-bond donors (Lipinski definition) is 2. The molecule has 0 aliphatic heterocycles. The van der Waals surface area contributed by atoms with Crippen LogP contribution >= 0.6 is 0 Å². The second-order valence-electron chi connectivity index (χ2n) is 5.59. The van der Waals surface area contributed by atoms with Crippen molar-refractivity contribution in [3.63, 3.8) is 0 Å². The van der Waals surface area contributed by atoms with Gasteiger partial charge in [0.25, 0.3) is 0 Å². The van der Waals surface area contributed by atoms with Crippen molar-refractivity contribution in [2.75, 3.05) is 0 Å². The first kappa shape index (κ1) is 13.7. The van der Waals surface area contributed by atoms with Crippen LogP contribution in [-0.2, 0) is 6.54 Å². The van der Waals surface area contributed by atoms with Gasteiger partial charge in [-0.1, -0.05) is 24.4 Å². The third kappa shape index (κ3) is 2.94. The largest absolute Gasteiger partial charge is 0.409 e. The van der Waals surface area contributed by atoms with Gasteiger partial charge in [-0.05, 0) is 31.0 Å². The van der Waals surface area contributed by atoms with Crippen LogP contribution in [0, 0.1) is 0 Å². The SMILES string of the molecule is N/C(=N/O)c1cccn1Cc1ccn(C2CCCCC2)n1. The molecule has 0 unspecified atom stereocenters. The molecule has 1 aliphatic carbocycles. The van der Waals surface area contributed by atoms with Crippen molar-refractivity contribution in [3.05, 3.63) is 42.0 Å². The fourth-order valence-electron chi connectivity index (χ4n) is 3.02. The average molecular weight is 287 g/mol. The van der Waals surface area contributed by atoms with E-state index < -0.39 is 0 Å². The lowest BCUT2D eigenvalue weighted by atomic mass is 9.96. The van der Waals surface area contributed by atoms with E-state index in [9.17, 15) is 0 Å². The molecule has 6 nitrogen and oxygen atoms in total. The van der Waals surface area contributed by atoms with Gasteiger partial charge in [-0.3, -0.25) is 4.68 Å². The Labute approximate surface area is 123 Å². The number of nitrogens with two attached hydrogens (primary N) is 1. The molecule has 2 aromatic rings.